The highest BCUT2D eigenvalue weighted by Crippen LogP contribution is 2.38. The van der Waals surface area contributed by atoms with Gasteiger partial charge < -0.3 is 0 Å². The van der Waals surface area contributed by atoms with Crippen LogP contribution in [0.1, 0.15) is 68.1 Å². The van der Waals surface area contributed by atoms with Crippen molar-refractivity contribution in [3.8, 4) is 0 Å². The fourth-order valence-electron chi connectivity index (χ4n) is 5.03. The minimum absolute atomic E-state index is 0.0915. The molecule has 0 radical (unpaired) electrons. The van der Waals surface area contributed by atoms with E-state index in [2.05, 4.69) is 6.92 Å². The summed E-state index contributed by atoms with van der Waals surface area (Å²) in [6, 6.07) is 10.6. The number of fused-ring (bicyclic) bond motifs is 1. The number of benzene rings is 3. The summed E-state index contributed by atoms with van der Waals surface area (Å²) in [6.07, 6.45) is 7.34. The maximum absolute atomic E-state index is 14.8. The first-order valence-corrected chi connectivity index (χ1v) is 11.3. The van der Waals surface area contributed by atoms with Crippen LogP contribution < -0.4 is 0 Å². The molecule has 31 heavy (non-hydrogen) atoms. The molecule has 164 valence electrons. The van der Waals surface area contributed by atoms with Crippen molar-refractivity contribution in [3.63, 3.8) is 0 Å². The molecule has 4 heteroatoms. The molecule has 1 fully saturated rings. The van der Waals surface area contributed by atoms with Crippen molar-refractivity contribution < 1.29 is 17.6 Å². The van der Waals surface area contributed by atoms with Crippen molar-refractivity contribution in [2.45, 2.75) is 64.2 Å². The maximum atomic E-state index is 14.8. The number of rotatable bonds is 6. The fraction of sp³-hybridized carbons (Fsp3) is 0.407. The van der Waals surface area contributed by atoms with Crippen LogP contribution in [0.2, 0.25) is 0 Å². The summed E-state index contributed by atoms with van der Waals surface area (Å²) < 4.78 is 56.8. The molecule has 0 unspecified atom stereocenters. The van der Waals surface area contributed by atoms with E-state index in [4.69, 9.17) is 0 Å². The molecule has 0 nitrogen and oxygen atoms in total. The topological polar surface area (TPSA) is 0 Å². The average molecular weight is 429 g/mol. The SMILES string of the molecule is CCC[C@H]1CC[C@H](c2cc(F)c(CCc3ccc4c(F)c(F)ccc4c3)c(F)c2)CC1. The lowest BCUT2D eigenvalue weighted by Gasteiger charge is -2.29. The predicted octanol–water partition coefficient (Wildman–Crippen LogP) is 8.26. The highest BCUT2D eigenvalue weighted by atomic mass is 19.2. The second-order valence-corrected chi connectivity index (χ2v) is 8.89. The minimum Gasteiger partial charge on any atom is -0.207 e. The standard InChI is InChI=1S/C27H28F4/c1-2-3-17-4-8-19(9-5-17)21-15-25(29)23(26(30)16-21)12-7-18-6-11-22-20(14-18)10-13-24(28)27(22)31/h6,10-11,13-17,19H,2-5,7-9,12H2,1H3/t17-,19-. The summed E-state index contributed by atoms with van der Waals surface area (Å²) in [4.78, 5) is 0. The molecular weight excluding hydrogens is 400 g/mol. The first-order valence-electron chi connectivity index (χ1n) is 11.3. The normalized spacial score (nSPS) is 19.1. The summed E-state index contributed by atoms with van der Waals surface area (Å²) in [5.74, 6) is -1.74. The van der Waals surface area contributed by atoms with Crippen LogP contribution in [0, 0.1) is 29.2 Å². The lowest BCUT2D eigenvalue weighted by molar-refractivity contribution is 0.307. The largest absolute Gasteiger partial charge is 0.207 e. The quantitative estimate of drug-likeness (QED) is 0.347. The molecule has 0 bridgehead atoms. The summed E-state index contributed by atoms with van der Waals surface area (Å²) in [7, 11) is 0. The van der Waals surface area contributed by atoms with Crippen LogP contribution in [0.5, 0.6) is 0 Å². The van der Waals surface area contributed by atoms with Crippen LogP contribution in [0.4, 0.5) is 17.6 Å². The van der Waals surface area contributed by atoms with E-state index in [-0.39, 0.29) is 23.3 Å². The van der Waals surface area contributed by atoms with Gasteiger partial charge in [-0.15, -0.1) is 0 Å². The maximum Gasteiger partial charge on any atom is 0.166 e. The molecule has 1 aliphatic carbocycles. The van der Waals surface area contributed by atoms with Crippen molar-refractivity contribution in [2.75, 3.05) is 0 Å². The highest BCUT2D eigenvalue weighted by Gasteiger charge is 2.24. The smallest absolute Gasteiger partial charge is 0.166 e. The summed E-state index contributed by atoms with van der Waals surface area (Å²) in [6.45, 7) is 2.20. The van der Waals surface area contributed by atoms with Crippen molar-refractivity contribution >= 4 is 10.8 Å². The van der Waals surface area contributed by atoms with Gasteiger partial charge in [-0.3, -0.25) is 0 Å². The Morgan fingerprint density at radius 3 is 2.16 bits per heavy atom. The summed E-state index contributed by atoms with van der Waals surface area (Å²) >= 11 is 0. The molecule has 3 aromatic rings. The molecule has 1 saturated carbocycles. The van der Waals surface area contributed by atoms with Gasteiger partial charge in [0.2, 0.25) is 0 Å². The molecule has 3 aromatic carbocycles. The molecule has 0 saturated heterocycles. The van der Waals surface area contributed by atoms with Crippen LogP contribution in [-0.2, 0) is 12.8 Å². The number of hydrogen-bond donors (Lipinski definition) is 0. The Balaban J connectivity index is 1.46. The van der Waals surface area contributed by atoms with Gasteiger partial charge in [0.25, 0.3) is 0 Å². The Morgan fingerprint density at radius 1 is 0.774 bits per heavy atom. The Bertz CT molecular complexity index is 1040. The van der Waals surface area contributed by atoms with Crippen molar-refractivity contribution in [1.82, 2.24) is 0 Å². The number of aryl methyl sites for hydroxylation is 1. The molecule has 1 aliphatic rings. The average Bonchev–Trinajstić information content (AvgIpc) is 2.76. The van der Waals surface area contributed by atoms with E-state index < -0.39 is 23.3 Å². The third-order valence-electron chi connectivity index (χ3n) is 6.81. The van der Waals surface area contributed by atoms with E-state index in [0.29, 0.717) is 11.8 Å². The van der Waals surface area contributed by atoms with Crippen LogP contribution in [0.3, 0.4) is 0 Å². The van der Waals surface area contributed by atoms with Gasteiger partial charge >= 0.3 is 0 Å². The summed E-state index contributed by atoms with van der Waals surface area (Å²) in [5, 5.41) is 0.783. The molecule has 0 spiro atoms. The molecule has 0 aliphatic heterocycles. The van der Waals surface area contributed by atoms with Gasteiger partial charge in [0, 0.05) is 10.9 Å². The second kappa shape index (κ2) is 9.42. The van der Waals surface area contributed by atoms with E-state index in [0.717, 1.165) is 48.8 Å². The molecule has 4 rings (SSSR count). The van der Waals surface area contributed by atoms with Crippen molar-refractivity contribution in [1.29, 1.82) is 0 Å². The monoisotopic (exact) mass is 428 g/mol. The fourth-order valence-corrected chi connectivity index (χ4v) is 5.03. The molecule has 0 heterocycles. The van der Waals surface area contributed by atoms with Crippen molar-refractivity contribution in [3.05, 3.63) is 82.4 Å². The predicted molar refractivity (Wildman–Crippen MR) is 117 cm³/mol. The van der Waals surface area contributed by atoms with Gasteiger partial charge in [0.05, 0.1) is 0 Å². The Labute approximate surface area is 181 Å². The zero-order valence-electron chi connectivity index (χ0n) is 17.9. The number of halogens is 4. The number of hydrogen-bond acceptors (Lipinski definition) is 0. The van der Waals surface area contributed by atoms with Gasteiger partial charge in [0.15, 0.2) is 11.6 Å². The lowest BCUT2D eigenvalue weighted by atomic mass is 9.77. The third kappa shape index (κ3) is 4.78. The van der Waals surface area contributed by atoms with Gasteiger partial charge in [-0.1, -0.05) is 44.0 Å². The molecule has 0 atom stereocenters. The Morgan fingerprint density at radius 2 is 1.48 bits per heavy atom. The zero-order chi connectivity index (χ0) is 22.0. The highest BCUT2D eigenvalue weighted by molar-refractivity contribution is 5.83. The van der Waals surface area contributed by atoms with E-state index in [1.807, 2.05) is 0 Å². The van der Waals surface area contributed by atoms with E-state index in [1.165, 1.54) is 37.1 Å². The van der Waals surface area contributed by atoms with E-state index >= 15 is 0 Å². The first-order chi connectivity index (χ1) is 15.0. The zero-order valence-corrected chi connectivity index (χ0v) is 17.9. The van der Waals surface area contributed by atoms with Crippen LogP contribution >= 0.6 is 0 Å². The molecular formula is C27H28F4. The van der Waals surface area contributed by atoms with E-state index in [1.54, 1.807) is 12.1 Å². The van der Waals surface area contributed by atoms with Crippen LogP contribution in [0.25, 0.3) is 10.8 Å². The lowest BCUT2D eigenvalue weighted by Crippen LogP contribution is -2.14. The second-order valence-electron chi connectivity index (χ2n) is 8.89. The third-order valence-corrected chi connectivity index (χ3v) is 6.81. The van der Waals surface area contributed by atoms with Gasteiger partial charge in [0.1, 0.15) is 11.6 Å². The van der Waals surface area contributed by atoms with Gasteiger partial charge in [-0.2, -0.15) is 0 Å². The minimum atomic E-state index is -0.886. The Hall–Kier alpha value is -2.36. The van der Waals surface area contributed by atoms with Crippen LogP contribution in [-0.4, -0.2) is 0 Å². The molecule has 0 amide bonds. The Kier molecular flexibility index (Phi) is 6.64. The van der Waals surface area contributed by atoms with Crippen molar-refractivity contribution in [2.24, 2.45) is 5.92 Å². The van der Waals surface area contributed by atoms with Gasteiger partial charge in [-0.25, -0.2) is 17.6 Å². The first kappa shape index (κ1) is 21.9. The summed E-state index contributed by atoms with van der Waals surface area (Å²) in [5.41, 5.74) is 1.70. The molecule has 0 N–H and O–H groups in total. The van der Waals surface area contributed by atoms with E-state index in [9.17, 15) is 17.6 Å². The molecule has 0 aromatic heterocycles. The van der Waals surface area contributed by atoms with Gasteiger partial charge in [-0.05, 0) is 85.1 Å². The van der Waals surface area contributed by atoms with Crippen LogP contribution in [0.15, 0.2) is 42.5 Å².